The highest BCUT2D eigenvalue weighted by molar-refractivity contribution is 6.31. The maximum Gasteiger partial charge on any atom is 0.427 e. The van der Waals surface area contributed by atoms with E-state index in [9.17, 15) is 4.79 Å². The summed E-state index contributed by atoms with van der Waals surface area (Å²) in [6.07, 6.45) is -0.601. The molecule has 0 radical (unpaired) electrons. The van der Waals surface area contributed by atoms with E-state index in [1.807, 2.05) is 12.1 Å². The number of hydrogen-bond donors (Lipinski definition) is 1. The number of nitrogens with one attached hydrogen (secondary N) is 1. The molecule has 0 fully saturated rings. The van der Waals surface area contributed by atoms with E-state index in [4.69, 9.17) is 11.6 Å². The molecule has 0 saturated carbocycles. The summed E-state index contributed by atoms with van der Waals surface area (Å²) in [6.45, 7) is 1.77. The van der Waals surface area contributed by atoms with Crippen LogP contribution in [-0.2, 0) is 4.74 Å². The van der Waals surface area contributed by atoms with Crippen molar-refractivity contribution in [1.82, 2.24) is 5.43 Å². The van der Waals surface area contributed by atoms with E-state index in [1.54, 1.807) is 19.1 Å². The lowest BCUT2D eigenvalue weighted by Gasteiger charge is -2.01. The SMILES string of the molecule is COC(=O)N/N=C(\C)c1cccc(Cl)c1. The standard InChI is InChI=1S/C10H11ClN2O2/c1-7(12-13-10(14)15-2)8-4-3-5-9(11)6-8/h3-6H,1-2H3,(H,13,14)/b12-7+. The number of hydrazone groups is 1. The van der Waals surface area contributed by atoms with Gasteiger partial charge in [-0.2, -0.15) is 5.10 Å². The van der Waals surface area contributed by atoms with E-state index in [1.165, 1.54) is 7.11 Å². The van der Waals surface area contributed by atoms with Crippen LogP contribution < -0.4 is 5.43 Å². The summed E-state index contributed by atoms with van der Waals surface area (Å²) in [5.74, 6) is 0. The number of carbonyl (C=O) groups is 1. The zero-order valence-corrected chi connectivity index (χ0v) is 9.21. The van der Waals surface area contributed by atoms with Gasteiger partial charge in [0.05, 0.1) is 12.8 Å². The topological polar surface area (TPSA) is 50.7 Å². The van der Waals surface area contributed by atoms with Crippen LogP contribution in [0.1, 0.15) is 12.5 Å². The van der Waals surface area contributed by atoms with Crippen LogP contribution in [0.15, 0.2) is 29.4 Å². The van der Waals surface area contributed by atoms with Crippen molar-refractivity contribution in [3.05, 3.63) is 34.9 Å². The highest BCUT2D eigenvalue weighted by Gasteiger charge is 2.00. The van der Waals surface area contributed by atoms with Gasteiger partial charge in [0.1, 0.15) is 0 Å². The third kappa shape index (κ3) is 3.59. The number of rotatable bonds is 2. The van der Waals surface area contributed by atoms with Crippen molar-refractivity contribution in [1.29, 1.82) is 0 Å². The van der Waals surface area contributed by atoms with Crippen molar-refractivity contribution in [2.24, 2.45) is 5.10 Å². The second-order valence-electron chi connectivity index (χ2n) is 2.81. The molecule has 5 heteroatoms. The number of halogens is 1. The fraction of sp³-hybridized carbons (Fsp3) is 0.200. The first-order chi connectivity index (χ1) is 7.13. The lowest BCUT2D eigenvalue weighted by molar-refractivity contribution is 0.171. The first-order valence-corrected chi connectivity index (χ1v) is 4.65. The summed E-state index contributed by atoms with van der Waals surface area (Å²) >= 11 is 5.81. The van der Waals surface area contributed by atoms with Gasteiger partial charge in [-0.3, -0.25) is 0 Å². The summed E-state index contributed by atoms with van der Waals surface area (Å²) in [6, 6.07) is 7.20. The largest absolute Gasteiger partial charge is 0.452 e. The molecular formula is C10H11ClN2O2. The van der Waals surface area contributed by atoms with E-state index >= 15 is 0 Å². The summed E-state index contributed by atoms with van der Waals surface area (Å²) in [4.78, 5) is 10.7. The number of carbonyl (C=O) groups excluding carboxylic acids is 1. The number of nitrogens with zero attached hydrogens (tertiary/aromatic N) is 1. The minimum atomic E-state index is -0.601. The average Bonchev–Trinajstić information content (AvgIpc) is 2.25. The molecule has 1 aromatic rings. The van der Waals surface area contributed by atoms with Gasteiger partial charge in [-0.1, -0.05) is 23.7 Å². The van der Waals surface area contributed by atoms with Gasteiger partial charge in [-0.25, -0.2) is 10.2 Å². The maximum atomic E-state index is 10.7. The summed E-state index contributed by atoms with van der Waals surface area (Å²) in [5.41, 5.74) is 3.74. The quantitative estimate of drug-likeness (QED) is 0.622. The lowest BCUT2D eigenvalue weighted by Crippen LogP contribution is -2.18. The van der Waals surface area contributed by atoms with E-state index in [2.05, 4.69) is 15.3 Å². The third-order valence-electron chi connectivity index (χ3n) is 1.74. The van der Waals surface area contributed by atoms with Crippen LogP contribution in [0.25, 0.3) is 0 Å². The molecule has 0 aliphatic carbocycles. The highest BCUT2D eigenvalue weighted by Crippen LogP contribution is 2.11. The zero-order chi connectivity index (χ0) is 11.3. The predicted molar refractivity (Wildman–Crippen MR) is 59.2 cm³/mol. The monoisotopic (exact) mass is 226 g/mol. The number of amides is 1. The molecule has 1 rings (SSSR count). The van der Waals surface area contributed by atoms with Gasteiger partial charge in [0.25, 0.3) is 0 Å². The molecule has 15 heavy (non-hydrogen) atoms. The molecule has 0 bridgehead atoms. The van der Waals surface area contributed by atoms with Crippen LogP contribution >= 0.6 is 11.6 Å². The summed E-state index contributed by atoms with van der Waals surface area (Å²) in [5, 5.41) is 4.46. The van der Waals surface area contributed by atoms with Crippen LogP contribution in [-0.4, -0.2) is 18.9 Å². The first-order valence-electron chi connectivity index (χ1n) is 4.27. The van der Waals surface area contributed by atoms with Gasteiger partial charge in [0.2, 0.25) is 0 Å². The van der Waals surface area contributed by atoms with Crippen LogP contribution in [0.4, 0.5) is 4.79 Å². The van der Waals surface area contributed by atoms with Gasteiger partial charge < -0.3 is 4.74 Å². The molecule has 1 amide bonds. The highest BCUT2D eigenvalue weighted by atomic mass is 35.5. The van der Waals surface area contributed by atoms with Gasteiger partial charge >= 0.3 is 6.09 Å². The Morgan fingerprint density at radius 1 is 1.53 bits per heavy atom. The van der Waals surface area contributed by atoms with Crippen molar-refractivity contribution in [3.8, 4) is 0 Å². The molecule has 0 unspecified atom stereocenters. The molecule has 0 heterocycles. The molecule has 4 nitrogen and oxygen atoms in total. The number of methoxy groups -OCH3 is 1. The molecular weight excluding hydrogens is 216 g/mol. The summed E-state index contributed by atoms with van der Waals surface area (Å²) in [7, 11) is 1.28. The maximum absolute atomic E-state index is 10.7. The third-order valence-corrected chi connectivity index (χ3v) is 1.98. The van der Waals surface area contributed by atoms with Crippen LogP contribution in [0, 0.1) is 0 Å². The van der Waals surface area contributed by atoms with Crippen molar-refractivity contribution in [2.45, 2.75) is 6.92 Å². The van der Waals surface area contributed by atoms with E-state index < -0.39 is 6.09 Å². The van der Waals surface area contributed by atoms with Crippen molar-refractivity contribution >= 4 is 23.4 Å². The summed E-state index contributed by atoms with van der Waals surface area (Å²) < 4.78 is 4.38. The van der Waals surface area contributed by atoms with Crippen molar-refractivity contribution < 1.29 is 9.53 Å². The Hall–Kier alpha value is -1.55. The van der Waals surface area contributed by atoms with Crippen LogP contribution in [0.3, 0.4) is 0 Å². The normalized spacial score (nSPS) is 11.0. The first kappa shape index (κ1) is 11.5. The molecule has 0 spiro atoms. The molecule has 0 saturated heterocycles. The van der Waals surface area contributed by atoms with Crippen molar-refractivity contribution in [3.63, 3.8) is 0 Å². The Labute approximate surface area is 92.9 Å². The fourth-order valence-corrected chi connectivity index (χ4v) is 1.14. The molecule has 1 N–H and O–H groups in total. The number of hydrogen-bond acceptors (Lipinski definition) is 3. The number of benzene rings is 1. The molecule has 0 aromatic heterocycles. The predicted octanol–water partition coefficient (Wildman–Crippen LogP) is 2.42. The smallest absolute Gasteiger partial charge is 0.427 e. The van der Waals surface area contributed by atoms with Gasteiger partial charge in [0, 0.05) is 5.02 Å². The second kappa shape index (κ2) is 5.36. The molecule has 1 aromatic carbocycles. The Morgan fingerprint density at radius 3 is 2.87 bits per heavy atom. The minimum Gasteiger partial charge on any atom is -0.452 e. The second-order valence-corrected chi connectivity index (χ2v) is 3.25. The van der Waals surface area contributed by atoms with Gasteiger partial charge in [-0.05, 0) is 24.6 Å². The molecule has 0 aliphatic rings. The van der Waals surface area contributed by atoms with Crippen molar-refractivity contribution in [2.75, 3.05) is 7.11 Å². The van der Waals surface area contributed by atoms with Crippen LogP contribution in [0.2, 0.25) is 5.02 Å². The lowest BCUT2D eigenvalue weighted by atomic mass is 10.1. The Bertz CT molecular complexity index is 391. The van der Waals surface area contributed by atoms with Gasteiger partial charge in [-0.15, -0.1) is 0 Å². The average molecular weight is 227 g/mol. The van der Waals surface area contributed by atoms with Crippen LogP contribution in [0.5, 0.6) is 0 Å². The minimum absolute atomic E-state index is 0.601. The molecule has 0 aliphatic heterocycles. The molecule has 80 valence electrons. The van der Waals surface area contributed by atoms with E-state index in [0.29, 0.717) is 10.7 Å². The zero-order valence-electron chi connectivity index (χ0n) is 8.45. The Morgan fingerprint density at radius 2 is 2.27 bits per heavy atom. The van der Waals surface area contributed by atoms with Gasteiger partial charge in [0.15, 0.2) is 0 Å². The fourth-order valence-electron chi connectivity index (χ4n) is 0.953. The van der Waals surface area contributed by atoms with E-state index in [-0.39, 0.29) is 0 Å². The Kier molecular flexibility index (Phi) is 4.12. The van der Waals surface area contributed by atoms with E-state index in [0.717, 1.165) is 5.56 Å². The number of ether oxygens (including phenoxy) is 1. The Balaban J connectivity index is 2.75. The molecule has 0 atom stereocenters.